The van der Waals surface area contributed by atoms with Gasteiger partial charge in [-0.1, -0.05) is 96.5 Å². The summed E-state index contributed by atoms with van der Waals surface area (Å²) in [6.07, 6.45) is 3.36. The van der Waals surface area contributed by atoms with Crippen LogP contribution in [0.5, 0.6) is 5.75 Å². The summed E-state index contributed by atoms with van der Waals surface area (Å²) in [4.78, 5) is 63.4. The van der Waals surface area contributed by atoms with Crippen molar-refractivity contribution in [3.63, 3.8) is 0 Å². The molecule has 304 valence electrons. The van der Waals surface area contributed by atoms with Gasteiger partial charge in [-0.25, -0.2) is 14.3 Å². The summed E-state index contributed by atoms with van der Waals surface area (Å²) in [5.41, 5.74) is -1.60. The van der Waals surface area contributed by atoms with E-state index in [1.807, 2.05) is 92.7 Å². The normalized spacial score (nSPS) is 14.8. The van der Waals surface area contributed by atoms with Gasteiger partial charge in [0.05, 0.1) is 36.2 Å². The minimum absolute atomic E-state index is 0.000379. The average molecular weight is 887 g/mol. The molecule has 58 heavy (non-hydrogen) atoms. The molecule has 0 unspecified atom stereocenters. The third-order valence-corrected chi connectivity index (χ3v) is 17.7. The molecule has 0 amide bonds. The van der Waals surface area contributed by atoms with E-state index in [2.05, 4.69) is 20.9 Å². The molecule has 1 saturated heterocycles. The van der Waals surface area contributed by atoms with Crippen LogP contribution in [0.25, 0.3) is 21.0 Å². The van der Waals surface area contributed by atoms with Gasteiger partial charge >= 0.3 is 5.69 Å². The van der Waals surface area contributed by atoms with Gasteiger partial charge in [0.1, 0.15) is 28.5 Å². The Morgan fingerprint density at radius 1 is 1.02 bits per heavy atom. The largest absolute Gasteiger partial charge is 0.496 e. The molecule has 3 aromatic heterocycles. The van der Waals surface area contributed by atoms with Crippen LogP contribution in [0, 0.1) is 6.92 Å². The summed E-state index contributed by atoms with van der Waals surface area (Å²) >= 11 is 4.78. The van der Waals surface area contributed by atoms with E-state index in [4.69, 9.17) is 18.6 Å². The number of halogens is 1. The molecule has 0 aliphatic carbocycles. The van der Waals surface area contributed by atoms with Crippen molar-refractivity contribution < 1.29 is 28.2 Å². The van der Waals surface area contributed by atoms with Crippen molar-refractivity contribution in [1.29, 1.82) is 0 Å². The molecule has 1 fully saturated rings. The van der Waals surface area contributed by atoms with Gasteiger partial charge < -0.3 is 23.4 Å². The molecule has 11 nitrogen and oxygen atoms in total. The molecule has 3 aromatic carbocycles. The third kappa shape index (κ3) is 7.61. The molecule has 0 saturated carbocycles. The molecule has 1 atom stereocenters. The Bertz CT molecular complexity index is 2490. The minimum atomic E-state index is -3.63. The third-order valence-electron chi connectivity index (χ3n) is 11.5. The first kappa shape index (κ1) is 41.7. The minimum Gasteiger partial charge on any atom is -0.496 e. The smallest absolute Gasteiger partial charge is 0.333 e. The Kier molecular flexibility index (Phi) is 12.0. The van der Waals surface area contributed by atoms with Crippen LogP contribution in [-0.4, -0.2) is 59.4 Å². The Morgan fingerprint density at radius 2 is 1.66 bits per heavy atom. The van der Waals surface area contributed by atoms with Crippen molar-refractivity contribution in [2.45, 2.75) is 83.2 Å². The van der Waals surface area contributed by atoms with Gasteiger partial charge in [0, 0.05) is 29.7 Å². The fraction of sp³-hybridized carbons (Fsp3) is 0.364. The standard InChI is InChI=1S/C44H48BrN3O8SSi/c1-28-37-40(50)48(44(4,5)36(49)26-43(2,3)58(52,31-13-9-7-10-14-31)32-15-11-8-12-16-32)42(51)47(41(37)57-38(28)39-46-21-24-55-39)27-35(56-30-19-22-54-23-20-30)33-18-17-29(45)25-34(33)53-6/h7-18,21,24-25,30,35,52H,19-20,22-23,26-27H2,1-6H3/t35-/m0/s1. The number of aryl methyl sites for hydroxylation is 1. The van der Waals surface area contributed by atoms with Gasteiger partial charge in [-0.2, -0.15) is 0 Å². The number of methoxy groups -OCH3 is 1. The van der Waals surface area contributed by atoms with Gasteiger partial charge in [-0.3, -0.25) is 14.2 Å². The van der Waals surface area contributed by atoms with Gasteiger partial charge in [-0.05, 0) is 66.7 Å². The van der Waals surface area contributed by atoms with Crippen LogP contribution in [0.15, 0.2) is 110 Å². The molecule has 1 aliphatic heterocycles. The molecule has 1 aliphatic rings. The van der Waals surface area contributed by atoms with E-state index in [0.29, 0.717) is 53.0 Å². The van der Waals surface area contributed by atoms with E-state index in [-0.39, 0.29) is 30.2 Å². The highest BCUT2D eigenvalue weighted by Crippen LogP contribution is 2.42. The average Bonchev–Trinajstić information content (AvgIpc) is 3.87. The van der Waals surface area contributed by atoms with Gasteiger partial charge in [0.25, 0.3) is 13.9 Å². The van der Waals surface area contributed by atoms with Crippen molar-refractivity contribution in [3.8, 4) is 16.5 Å². The number of oxazole rings is 1. The lowest BCUT2D eigenvalue weighted by atomic mass is 9.91. The molecule has 1 N–H and O–H groups in total. The molecule has 14 heteroatoms. The lowest BCUT2D eigenvalue weighted by molar-refractivity contribution is -0.127. The van der Waals surface area contributed by atoms with Crippen molar-refractivity contribution >= 4 is 62.0 Å². The summed E-state index contributed by atoms with van der Waals surface area (Å²) < 4.78 is 27.4. The maximum Gasteiger partial charge on any atom is 0.333 e. The number of ether oxygens (including phenoxy) is 3. The van der Waals surface area contributed by atoms with E-state index < -0.39 is 36.2 Å². The number of thiophene rings is 1. The number of fused-ring (bicyclic) bond motifs is 1. The predicted molar refractivity (Wildman–Crippen MR) is 232 cm³/mol. The number of hydrogen-bond acceptors (Lipinski definition) is 10. The second-order valence-electron chi connectivity index (χ2n) is 15.9. The summed E-state index contributed by atoms with van der Waals surface area (Å²) in [7, 11) is -2.05. The molecule has 0 spiro atoms. The van der Waals surface area contributed by atoms with Crippen LogP contribution in [0.2, 0.25) is 5.04 Å². The Labute approximate surface area is 350 Å². The molecule has 7 rings (SSSR count). The predicted octanol–water partition coefficient (Wildman–Crippen LogP) is 7.12. The van der Waals surface area contributed by atoms with E-state index in [9.17, 15) is 14.4 Å². The molecule has 4 heterocycles. The monoisotopic (exact) mass is 885 g/mol. The zero-order valence-corrected chi connectivity index (χ0v) is 36.9. The number of Topliss-reactive ketones (excluding diaryl/α,β-unsaturated/α-hetero) is 1. The highest BCUT2D eigenvalue weighted by molar-refractivity contribution is 9.10. The first-order chi connectivity index (χ1) is 27.7. The first-order valence-electron chi connectivity index (χ1n) is 19.3. The second-order valence-corrected chi connectivity index (χ2v) is 21.8. The Balaban J connectivity index is 1.39. The lowest BCUT2D eigenvalue weighted by Gasteiger charge is -2.42. The van der Waals surface area contributed by atoms with Crippen molar-refractivity contribution in [3.05, 3.63) is 128 Å². The fourth-order valence-electron chi connectivity index (χ4n) is 8.09. The van der Waals surface area contributed by atoms with Gasteiger partial charge in [0.15, 0.2) is 5.78 Å². The van der Waals surface area contributed by atoms with Crippen molar-refractivity contribution in [2.75, 3.05) is 20.3 Å². The molecule has 0 radical (unpaired) electrons. The highest BCUT2D eigenvalue weighted by Gasteiger charge is 2.52. The highest BCUT2D eigenvalue weighted by atomic mass is 79.9. The number of ketones is 1. The Hall–Kier alpha value is -4.44. The maximum atomic E-state index is 15.2. The second kappa shape index (κ2) is 16.7. The summed E-state index contributed by atoms with van der Waals surface area (Å²) in [5, 5.41) is 0.813. The number of benzene rings is 3. The molecule has 0 bridgehead atoms. The molecule has 6 aromatic rings. The van der Waals surface area contributed by atoms with Crippen molar-refractivity contribution in [2.24, 2.45) is 0 Å². The van der Waals surface area contributed by atoms with E-state index in [1.54, 1.807) is 32.4 Å². The fourth-order valence-corrected chi connectivity index (χ4v) is 13.3. The number of carbonyl (C=O) groups excluding carboxylic acids is 1. The summed E-state index contributed by atoms with van der Waals surface area (Å²) in [5.74, 6) is 0.514. The van der Waals surface area contributed by atoms with E-state index >= 15 is 4.79 Å². The van der Waals surface area contributed by atoms with Crippen LogP contribution < -0.4 is 26.4 Å². The molecular weight excluding hydrogens is 839 g/mol. The lowest BCUT2D eigenvalue weighted by Crippen LogP contribution is -2.66. The van der Waals surface area contributed by atoms with E-state index in [1.165, 1.54) is 23.8 Å². The number of carbonyl (C=O) groups is 1. The van der Waals surface area contributed by atoms with E-state index in [0.717, 1.165) is 25.0 Å². The van der Waals surface area contributed by atoms with Crippen LogP contribution in [0.1, 0.15) is 64.2 Å². The molecular formula is C44H48BrN3O8SSi. The SMILES string of the molecule is COc1cc(Br)ccc1[C@H](Cn1c(=O)n(C(C)(C)C(=O)CC(C)(C)[Si](O)(c2ccccc2)c2ccccc2)c(=O)c2c(C)c(-c3ncco3)sc21)OC1CCOCC1. The first-order valence-corrected chi connectivity index (χ1v) is 22.9. The topological polar surface area (TPSA) is 135 Å². The van der Waals surface area contributed by atoms with Crippen LogP contribution in [0.4, 0.5) is 0 Å². The van der Waals surface area contributed by atoms with Gasteiger partial charge in [-0.15, -0.1) is 11.3 Å². The summed E-state index contributed by atoms with van der Waals surface area (Å²) in [6.45, 7) is 9.91. The maximum absolute atomic E-state index is 15.2. The quantitative estimate of drug-likeness (QED) is 0.114. The zero-order valence-electron chi connectivity index (χ0n) is 33.5. The van der Waals surface area contributed by atoms with Crippen molar-refractivity contribution in [1.82, 2.24) is 14.1 Å². The summed E-state index contributed by atoms with van der Waals surface area (Å²) in [6, 6.07) is 24.6. The van der Waals surface area contributed by atoms with Crippen LogP contribution in [0.3, 0.4) is 0 Å². The van der Waals surface area contributed by atoms with Crippen LogP contribution >= 0.6 is 27.3 Å². The van der Waals surface area contributed by atoms with Crippen LogP contribution in [-0.2, 0) is 26.4 Å². The number of rotatable bonds is 14. The number of hydrogen-bond donors (Lipinski definition) is 1. The Morgan fingerprint density at radius 3 is 2.24 bits per heavy atom. The number of aromatic nitrogens is 3. The number of nitrogens with zero attached hydrogens (tertiary/aromatic N) is 3. The zero-order chi connectivity index (χ0) is 41.4. The van der Waals surface area contributed by atoms with Gasteiger partial charge in [0.2, 0.25) is 5.89 Å².